The number of benzene rings is 5. The van der Waals surface area contributed by atoms with Crippen molar-refractivity contribution in [1.29, 1.82) is 0 Å². The van der Waals surface area contributed by atoms with Gasteiger partial charge in [0.05, 0.1) is 0 Å². The molecule has 63 heavy (non-hydrogen) atoms. The molecule has 1 aromatic heterocycles. The van der Waals surface area contributed by atoms with Crippen LogP contribution in [0.5, 0.6) is 0 Å². The van der Waals surface area contributed by atoms with E-state index in [1.54, 1.807) is 35.0 Å². The van der Waals surface area contributed by atoms with Crippen LogP contribution < -0.4 is 26.4 Å². The fourth-order valence-electron chi connectivity index (χ4n) is 6.68. The summed E-state index contributed by atoms with van der Waals surface area (Å²) in [4.78, 5) is 23.5. The second-order valence-electron chi connectivity index (χ2n) is 12.9. The van der Waals surface area contributed by atoms with Gasteiger partial charge in [0.1, 0.15) is 52.7 Å². The highest BCUT2D eigenvalue weighted by Gasteiger charge is 2.52. The second-order valence-corrected chi connectivity index (χ2v) is 12.9. The lowest BCUT2D eigenvalue weighted by Gasteiger charge is -2.44. The van der Waals surface area contributed by atoms with Gasteiger partial charge in [-0.1, -0.05) is 30.3 Å². The summed E-state index contributed by atoms with van der Waals surface area (Å²) >= 11 is 0. The normalized spacial score (nSPS) is 11.4. The molecule has 1 heterocycles. The molecule has 6 aromatic rings. The maximum absolute atomic E-state index is 15.4. The predicted octanol–water partition coefficient (Wildman–Crippen LogP) is 7.91. The van der Waals surface area contributed by atoms with Crippen molar-refractivity contribution in [2.24, 2.45) is 0 Å². The molecule has 0 saturated heterocycles. The van der Waals surface area contributed by atoms with Crippen LogP contribution in [0.3, 0.4) is 0 Å². The van der Waals surface area contributed by atoms with Crippen LogP contribution >= 0.6 is 0 Å². The molecular formula is C39H14BF20NO2. The van der Waals surface area contributed by atoms with Gasteiger partial charge in [-0.25, -0.2) is 87.8 Å². The minimum absolute atomic E-state index is 0.00528. The Balaban J connectivity index is 0.000000345. The molecule has 5 aromatic carbocycles. The zero-order valence-electron chi connectivity index (χ0n) is 30.3. The summed E-state index contributed by atoms with van der Waals surface area (Å²) in [6.07, 6.45) is -5.47. The van der Waals surface area contributed by atoms with Crippen molar-refractivity contribution in [2.45, 2.75) is 13.5 Å². The Morgan fingerprint density at radius 3 is 0.905 bits per heavy atom. The van der Waals surface area contributed by atoms with E-state index >= 15 is 35.1 Å². The first-order valence-electron chi connectivity index (χ1n) is 16.7. The highest BCUT2D eigenvalue weighted by molar-refractivity contribution is 7.20. The minimum atomic E-state index is -7.22. The Bertz CT molecular complexity index is 2490. The zero-order valence-corrected chi connectivity index (χ0v) is 30.3. The van der Waals surface area contributed by atoms with Gasteiger partial charge in [0.2, 0.25) is 23.8 Å². The molecule has 0 radical (unpaired) electrons. The number of pyridine rings is 1. The molecule has 0 aliphatic carbocycles. The molecule has 330 valence electrons. The Morgan fingerprint density at radius 1 is 0.381 bits per heavy atom. The SMILES string of the molecule is CC(=O)c1cccc[n+]1CC(=O)c1ccccc1.Fc1c(F)c(F)c([B-](c2c(F)c(F)c(F)c(F)c2F)(c2c(F)c(F)c(F)c(F)c2F)c2c(F)c(F)c(F)c(F)c2F)c(F)c1F. The number of halogens is 20. The maximum atomic E-state index is 15.4. The fraction of sp³-hybridized carbons (Fsp3) is 0.0513. The van der Waals surface area contributed by atoms with E-state index in [1.165, 1.54) is 6.92 Å². The molecule has 6 rings (SSSR count). The Hall–Kier alpha value is -6.75. The topological polar surface area (TPSA) is 38.0 Å². The summed E-state index contributed by atoms with van der Waals surface area (Å²) in [7, 11) is 0. The second kappa shape index (κ2) is 17.6. The number of hydrogen-bond acceptors (Lipinski definition) is 2. The van der Waals surface area contributed by atoms with Gasteiger partial charge in [0, 0.05) is 24.6 Å². The Labute approximate surface area is 337 Å². The van der Waals surface area contributed by atoms with Crippen molar-refractivity contribution in [1.82, 2.24) is 0 Å². The lowest BCUT2D eigenvalue weighted by Crippen LogP contribution is -2.81. The third-order valence-electron chi connectivity index (χ3n) is 9.42. The van der Waals surface area contributed by atoms with E-state index in [-0.39, 0.29) is 18.1 Å². The maximum Gasteiger partial charge on any atom is 0.248 e. The van der Waals surface area contributed by atoms with Crippen LogP contribution in [-0.2, 0) is 6.54 Å². The largest absolute Gasteiger partial charge is 0.288 e. The van der Waals surface area contributed by atoms with Gasteiger partial charge in [-0.3, -0.25) is 9.59 Å². The smallest absolute Gasteiger partial charge is 0.248 e. The van der Waals surface area contributed by atoms with Crippen LogP contribution in [0.15, 0.2) is 54.7 Å². The van der Waals surface area contributed by atoms with Crippen molar-refractivity contribution in [3.05, 3.63) is 182 Å². The first-order valence-corrected chi connectivity index (χ1v) is 16.7. The van der Waals surface area contributed by atoms with Crippen LogP contribution in [0, 0.1) is 116 Å². The summed E-state index contributed by atoms with van der Waals surface area (Å²) in [5.74, 6) is -71.5. The van der Waals surface area contributed by atoms with Crippen molar-refractivity contribution in [2.75, 3.05) is 0 Å². The molecule has 3 nitrogen and oxygen atoms in total. The van der Waals surface area contributed by atoms with Crippen molar-refractivity contribution in [3.63, 3.8) is 0 Å². The van der Waals surface area contributed by atoms with Crippen molar-refractivity contribution >= 4 is 39.6 Å². The molecule has 0 saturated carbocycles. The summed E-state index contributed by atoms with van der Waals surface area (Å²) in [6, 6.07) is 14.4. The lowest BCUT2D eigenvalue weighted by atomic mass is 9.12. The average Bonchev–Trinajstić information content (AvgIpc) is 3.26. The van der Waals surface area contributed by atoms with Gasteiger partial charge in [-0.15, -0.1) is 21.9 Å². The molecule has 0 fully saturated rings. The number of hydrogen-bond donors (Lipinski definition) is 0. The lowest BCUT2D eigenvalue weighted by molar-refractivity contribution is -0.685. The van der Waals surface area contributed by atoms with E-state index in [0.29, 0.717) is 11.3 Å². The standard InChI is InChI=1S/C24BF20.C15H14NO2/c26-5-1(6(27)14(35)21(42)13(5)34)25(2-7(28)15(36)22(43)16(37)8(2)29,3-9(30)17(38)23(44)18(39)10(3)31)4-11(32)19(40)24(45)20(41)12(4)33;1-12(17)14-9-5-6-10-16(14)11-15(18)13-7-3-2-4-8-13/h;2-10H,11H2,1H3/q-1;+1. The quantitative estimate of drug-likeness (QED) is 0.0389. The van der Waals surface area contributed by atoms with Crippen molar-refractivity contribution in [3.8, 4) is 0 Å². The highest BCUT2D eigenvalue weighted by Crippen LogP contribution is 2.30. The summed E-state index contributed by atoms with van der Waals surface area (Å²) < 4.78 is 296. The Kier molecular flexibility index (Phi) is 13.2. The van der Waals surface area contributed by atoms with E-state index in [2.05, 4.69) is 0 Å². The highest BCUT2D eigenvalue weighted by atomic mass is 19.2. The van der Waals surface area contributed by atoms with E-state index in [0.717, 1.165) is 0 Å². The number of rotatable bonds is 8. The molecule has 0 aliphatic heterocycles. The number of carbonyl (C=O) groups excluding carboxylic acids is 2. The zero-order chi connectivity index (χ0) is 47.3. The monoisotopic (exact) mass is 919 g/mol. The fourth-order valence-corrected chi connectivity index (χ4v) is 6.68. The summed E-state index contributed by atoms with van der Waals surface area (Å²) in [5, 5.41) is 0. The van der Waals surface area contributed by atoms with Crippen LogP contribution in [0.2, 0.25) is 0 Å². The summed E-state index contributed by atoms with van der Waals surface area (Å²) in [6.45, 7) is 1.68. The number of carbonyl (C=O) groups is 2. The molecule has 0 aliphatic rings. The molecule has 0 N–H and O–H groups in total. The van der Waals surface area contributed by atoms with Crippen LogP contribution in [0.4, 0.5) is 87.8 Å². The van der Waals surface area contributed by atoms with Crippen molar-refractivity contribution < 1.29 is 102 Å². The average molecular weight is 919 g/mol. The number of aromatic nitrogens is 1. The third-order valence-corrected chi connectivity index (χ3v) is 9.42. The molecule has 0 amide bonds. The van der Waals surface area contributed by atoms with Gasteiger partial charge in [-0.2, -0.15) is 4.57 Å². The third kappa shape index (κ3) is 7.53. The number of Topliss-reactive ketones (excluding diaryl/α,β-unsaturated/α-hetero) is 2. The van der Waals surface area contributed by atoms with Gasteiger partial charge >= 0.3 is 0 Å². The van der Waals surface area contributed by atoms with Gasteiger partial charge < -0.3 is 0 Å². The van der Waals surface area contributed by atoms with E-state index in [9.17, 15) is 62.3 Å². The molecule has 0 unspecified atom stereocenters. The van der Waals surface area contributed by atoms with Crippen LogP contribution in [0.25, 0.3) is 0 Å². The molecular weight excluding hydrogens is 905 g/mol. The van der Waals surface area contributed by atoms with Crippen LogP contribution in [0.1, 0.15) is 27.8 Å². The summed E-state index contributed by atoms with van der Waals surface area (Å²) in [5.41, 5.74) is -13.1. The van der Waals surface area contributed by atoms with E-state index in [4.69, 9.17) is 0 Å². The van der Waals surface area contributed by atoms with E-state index < -0.39 is 144 Å². The van der Waals surface area contributed by atoms with Gasteiger partial charge in [0.25, 0.3) is 0 Å². The van der Waals surface area contributed by atoms with Crippen LogP contribution in [-0.4, -0.2) is 17.7 Å². The Morgan fingerprint density at radius 2 is 0.635 bits per heavy atom. The minimum Gasteiger partial charge on any atom is -0.288 e. The molecule has 0 atom stereocenters. The predicted molar refractivity (Wildman–Crippen MR) is 177 cm³/mol. The number of nitrogens with zero attached hydrogens (tertiary/aromatic N) is 1. The first-order chi connectivity index (χ1) is 29.4. The molecule has 0 bridgehead atoms. The first kappa shape index (κ1) is 47.3. The number of ketones is 2. The molecule has 0 spiro atoms. The molecule has 24 heteroatoms. The van der Waals surface area contributed by atoms with E-state index in [1.807, 2.05) is 24.3 Å². The van der Waals surface area contributed by atoms with Gasteiger partial charge in [-0.05, 0) is 6.07 Å². The van der Waals surface area contributed by atoms with Gasteiger partial charge in [0.15, 0.2) is 76.0 Å².